The number of amides is 1. The summed E-state index contributed by atoms with van der Waals surface area (Å²) in [4.78, 5) is 13.7. The number of aromatic nitrogens is 4. The number of thiocarbonyl (C=S) groups is 1. The van der Waals surface area contributed by atoms with Crippen molar-refractivity contribution in [2.24, 2.45) is 23.2 Å². The van der Waals surface area contributed by atoms with Crippen LogP contribution in [-0.4, -0.2) is 30.8 Å². The van der Waals surface area contributed by atoms with E-state index in [0.29, 0.717) is 11.5 Å². The number of fused-ring (bicyclic) bond motifs is 1. The number of benzene rings is 1. The predicted molar refractivity (Wildman–Crippen MR) is 133 cm³/mol. The van der Waals surface area contributed by atoms with Gasteiger partial charge in [0, 0.05) is 17.7 Å². The first-order valence-corrected chi connectivity index (χ1v) is 13.0. The molecule has 2 N–H and O–H groups in total. The van der Waals surface area contributed by atoms with Crippen molar-refractivity contribution in [1.82, 2.24) is 25.1 Å². The number of carbonyl (C=O) groups is 1. The van der Waals surface area contributed by atoms with E-state index in [4.69, 9.17) is 12.2 Å². The van der Waals surface area contributed by atoms with Gasteiger partial charge in [-0.1, -0.05) is 23.5 Å². The van der Waals surface area contributed by atoms with Crippen LogP contribution >= 0.6 is 23.6 Å². The molecule has 7 rings (SSSR count). The average molecular weight is 481 g/mol. The first kappa shape index (κ1) is 21.2. The third-order valence-electron chi connectivity index (χ3n) is 7.91. The first-order valence-electron chi connectivity index (χ1n) is 11.8. The molecule has 33 heavy (non-hydrogen) atoms. The van der Waals surface area contributed by atoms with Crippen LogP contribution in [0.1, 0.15) is 56.3 Å². The van der Waals surface area contributed by atoms with Gasteiger partial charge < -0.3 is 10.6 Å². The van der Waals surface area contributed by atoms with Crippen LogP contribution in [-0.2, 0) is 4.79 Å². The van der Waals surface area contributed by atoms with Crippen LogP contribution in [0.2, 0.25) is 0 Å². The standard InChI is InChI=1S/C24H28N6OS2/c1-13-18(21-29-30-14(2)27-28-23(30)33-21)4-3-5-19(13)25-22(32)26-20(31)12-24-9-15-6-16(10-24)8-17(7-15)11-24/h3-5,15-17H,6-12H2,1-2H3,(H2,25,26,31,32). The second-order valence-corrected chi connectivity index (χ2v) is 11.8. The molecule has 0 aliphatic heterocycles. The van der Waals surface area contributed by atoms with Crippen molar-refractivity contribution < 1.29 is 4.79 Å². The highest BCUT2D eigenvalue weighted by molar-refractivity contribution is 7.80. The van der Waals surface area contributed by atoms with E-state index in [1.807, 2.05) is 32.0 Å². The van der Waals surface area contributed by atoms with Gasteiger partial charge in [-0.15, -0.1) is 10.2 Å². The maximum atomic E-state index is 12.9. The van der Waals surface area contributed by atoms with E-state index >= 15 is 0 Å². The molecular formula is C24H28N6OS2. The van der Waals surface area contributed by atoms with Gasteiger partial charge >= 0.3 is 0 Å². The van der Waals surface area contributed by atoms with Crippen molar-refractivity contribution >= 4 is 45.2 Å². The van der Waals surface area contributed by atoms with E-state index in [0.717, 1.165) is 50.4 Å². The van der Waals surface area contributed by atoms with Crippen LogP contribution < -0.4 is 10.6 Å². The molecule has 4 aliphatic rings. The van der Waals surface area contributed by atoms with E-state index in [9.17, 15) is 4.79 Å². The van der Waals surface area contributed by atoms with Crippen LogP contribution in [0, 0.1) is 37.0 Å². The summed E-state index contributed by atoms with van der Waals surface area (Å²) in [6, 6.07) is 5.98. The predicted octanol–water partition coefficient (Wildman–Crippen LogP) is 4.89. The molecule has 0 saturated heterocycles. The molecule has 7 nitrogen and oxygen atoms in total. The Morgan fingerprint density at radius 3 is 2.52 bits per heavy atom. The minimum absolute atomic E-state index is 0.0485. The molecule has 4 bridgehead atoms. The summed E-state index contributed by atoms with van der Waals surface area (Å²) in [6.07, 6.45) is 8.43. The summed E-state index contributed by atoms with van der Waals surface area (Å²) >= 11 is 7.02. The summed E-state index contributed by atoms with van der Waals surface area (Å²) in [7, 11) is 0. The number of hydrogen-bond donors (Lipinski definition) is 2. The molecular weight excluding hydrogens is 452 g/mol. The summed E-state index contributed by atoms with van der Waals surface area (Å²) in [5.41, 5.74) is 3.12. The Morgan fingerprint density at radius 1 is 1.15 bits per heavy atom. The normalized spacial score (nSPS) is 27.8. The first-order chi connectivity index (χ1) is 15.9. The highest BCUT2D eigenvalue weighted by atomic mass is 32.1. The Balaban J connectivity index is 1.13. The summed E-state index contributed by atoms with van der Waals surface area (Å²) in [5.74, 6) is 3.34. The molecule has 4 saturated carbocycles. The van der Waals surface area contributed by atoms with Gasteiger partial charge in [0.05, 0.1) is 0 Å². The molecule has 3 aromatic rings. The lowest BCUT2D eigenvalue weighted by molar-refractivity contribution is -0.127. The maximum absolute atomic E-state index is 12.9. The molecule has 172 valence electrons. The van der Waals surface area contributed by atoms with Gasteiger partial charge in [0.2, 0.25) is 10.9 Å². The fourth-order valence-electron chi connectivity index (χ4n) is 7.00. The Bertz CT molecular complexity index is 1230. The number of aryl methyl sites for hydroxylation is 1. The Kier molecular flexibility index (Phi) is 5.03. The van der Waals surface area contributed by atoms with Gasteiger partial charge in [-0.05, 0) is 99.4 Å². The Labute approximate surface area is 202 Å². The number of carbonyl (C=O) groups excluding carboxylic acids is 1. The molecule has 4 fully saturated rings. The number of hydrogen-bond acceptors (Lipinski definition) is 6. The fraction of sp³-hybridized carbons (Fsp3) is 0.542. The van der Waals surface area contributed by atoms with Gasteiger partial charge in [0.25, 0.3) is 0 Å². The zero-order valence-electron chi connectivity index (χ0n) is 18.9. The number of anilines is 1. The average Bonchev–Trinajstić information content (AvgIpc) is 3.30. The van der Waals surface area contributed by atoms with E-state index in [-0.39, 0.29) is 11.3 Å². The van der Waals surface area contributed by atoms with Gasteiger partial charge in [-0.2, -0.15) is 9.61 Å². The number of nitrogens with zero attached hydrogens (tertiary/aromatic N) is 4. The SMILES string of the molecule is Cc1c(NC(=S)NC(=O)CC23CC4CC(CC(C4)C2)C3)cccc1-c1nn2c(C)nnc2s1. The van der Waals surface area contributed by atoms with Crippen LogP contribution in [0.25, 0.3) is 15.5 Å². The van der Waals surface area contributed by atoms with Gasteiger partial charge in [-0.3, -0.25) is 4.79 Å². The van der Waals surface area contributed by atoms with Crippen LogP contribution in [0.4, 0.5) is 5.69 Å². The largest absolute Gasteiger partial charge is 0.332 e. The summed E-state index contributed by atoms with van der Waals surface area (Å²) in [5, 5.41) is 20.3. The van der Waals surface area contributed by atoms with E-state index in [1.165, 1.54) is 49.9 Å². The second-order valence-electron chi connectivity index (χ2n) is 10.4. The quantitative estimate of drug-likeness (QED) is 0.517. The fourth-order valence-corrected chi connectivity index (χ4v) is 8.19. The molecule has 0 spiro atoms. The molecule has 1 aromatic carbocycles. The van der Waals surface area contributed by atoms with E-state index in [1.54, 1.807) is 4.52 Å². The second kappa shape index (κ2) is 7.84. The summed E-state index contributed by atoms with van der Waals surface area (Å²) in [6.45, 7) is 3.92. The highest BCUT2D eigenvalue weighted by Crippen LogP contribution is 2.61. The van der Waals surface area contributed by atoms with E-state index < -0.39 is 0 Å². The summed E-state index contributed by atoms with van der Waals surface area (Å²) < 4.78 is 1.76. The van der Waals surface area contributed by atoms with E-state index in [2.05, 4.69) is 25.9 Å². The van der Waals surface area contributed by atoms with Crippen molar-refractivity contribution in [3.63, 3.8) is 0 Å². The van der Waals surface area contributed by atoms with Crippen LogP contribution in [0.3, 0.4) is 0 Å². The Morgan fingerprint density at radius 2 is 1.85 bits per heavy atom. The lowest BCUT2D eigenvalue weighted by Crippen LogP contribution is -2.48. The molecule has 0 unspecified atom stereocenters. The molecule has 2 heterocycles. The van der Waals surface area contributed by atoms with Gasteiger partial charge in [-0.25, -0.2) is 0 Å². The van der Waals surface area contributed by atoms with Crippen molar-refractivity contribution in [2.75, 3.05) is 5.32 Å². The zero-order chi connectivity index (χ0) is 22.7. The minimum Gasteiger partial charge on any atom is -0.332 e. The highest BCUT2D eigenvalue weighted by Gasteiger charge is 2.51. The molecule has 9 heteroatoms. The monoisotopic (exact) mass is 480 g/mol. The molecule has 1 amide bonds. The van der Waals surface area contributed by atoms with Gasteiger partial charge in [0.1, 0.15) is 5.01 Å². The third-order valence-corrected chi connectivity index (χ3v) is 9.05. The molecule has 0 radical (unpaired) electrons. The molecule has 4 aliphatic carbocycles. The van der Waals surface area contributed by atoms with Gasteiger partial charge in [0.15, 0.2) is 10.9 Å². The number of rotatable bonds is 4. The zero-order valence-corrected chi connectivity index (χ0v) is 20.6. The van der Waals surface area contributed by atoms with Crippen molar-refractivity contribution in [3.05, 3.63) is 29.6 Å². The molecule has 2 aromatic heterocycles. The maximum Gasteiger partial charge on any atom is 0.234 e. The van der Waals surface area contributed by atoms with Crippen molar-refractivity contribution in [2.45, 2.75) is 58.8 Å². The Hall–Kier alpha value is -2.39. The van der Waals surface area contributed by atoms with Crippen molar-refractivity contribution in [3.8, 4) is 10.6 Å². The lowest BCUT2D eigenvalue weighted by Gasteiger charge is -2.56. The minimum atomic E-state index is 0.0485. The number of nitrogens with one attached hydrogen (secondary N) is 2. The van der Waals surface area contributed by atoms with Crippen LogP contribution in [0.15, 0.2) is 18.2 Å². The van der Waals surface area contributed by atoms with Crippen molar-refractivity contribution in [1.29, 1.82) is 0 Å². The smallest absolute Gasteiger partial charge is 0.234 e. The lowest BCUT2D eigenvalue weighted by atomic mass is 9.49. The topological polar surface area (TPSA) is 84.2 Å². The third kappa shape index (κ3) is 3.85. The molecule has 0 atom stereocenters. The van der Waals surface area contributed by atoms with Crippen LogP contribution in [0.5, 0.6) is 0 Å².